The molecule has 1 aliphatic rings. The Morgan fingerprint density at radius 2 is 1.87 bits per heavy atom. The van der Waals surface area contributed by atoms with Crippen LogP contribution in [0.5, 0.6) is 0 Å². The first-order chi connectivity index (χ1) is 14.7. The lowest BCUT2D eigenvalue weighted by molar-refractivity contribution is -0.149. The van der Waals surface area contributed by atoms with Crippen molar-refractivity contribution in [1.29, 1.82) is 5.26 Å². The lowest BCUT2D eigenvalue weighted by Gasteiger charge is -2.39. The van der Waals surface area contributed by atoms with E-state index in [-0.39, 0.29) is 11.8 Å². The van der Waals surface area contributed by atoms with E-state index in [4.69, 9.17) is 5.26 Å². The number of piperidine rings is 1. The Morgan fingerprint density at radius 3 is 2.55 bits per heavy atom. The Balaban J connectivity index is 1.66. The van der Waals surface area contributed by atoms with Crippen molar-refractivity contribution in [3.05, 3.63) is 70.4 Å². The van der Waals surface area contributed by atoms with Crippen molar-refractivity contribution in [3.63, 3.8) is 0 Å². The van der Waals surface area contributed by atoms with Crippen LogP contribution in [-0.4, -0.2) is 35.7 Å². The molecule has 6 heteroatoms. The number of H-pyrrole nitrogens is 1. The SMILES string of the molecule is Cc1cc(C)c2[nH]ccc2c1C[C@@H]1CCN(CC(F)(F)F)C[C@H]1c1ccc(C#N)cc1. The van der Waals surface area contributed by atoms with Crippen LogP contribution in [0.4, 0.5) is 13.2 Å². The summed E-state index contributed by atoms with van der Waals surface area (Å²) in [5.41, 5.74) is 6.39. The van der Waals surface area contributed by atoms with E-state index in [1.54, 1.807) is 12.1 Å². The molecular formula is C25H26F3N3. The number of nitrogens with zero attached hydrogens (tertiary/aromatic N) is 2. The molecule has 162 valence electrons. The Bertz CT molecular complexity index is 1110. The summed E-state index contributed by atoms with van der Waals surface area (Å²) < 4.78 is 39.2. The van der Waals surface area contributed by atoms with E-state index in [0.717, 1.165) is 17.5 Å². The summed E-state index contributed by atoms with van der Waals surface area (Å²) in [6.07, 6.45) is -0.720. The molecule has 3 aromatic rings. The second kappa shape index (κ2) is 8.39. The molecule has 3 nitrogen and oxygen atoms in total. The first kappa shape index (κ1) is 21.5. The van der Waals surface area contributed by atoms with E-state index in [9.17, 15) is 13.2 Å². The maximum Gasteiger partial charge on any atom is 0.401 e. The van der Waals surface area contributed by atoms with Gasteiger partial charge in [0.05, 0.1) is 18.2 Å². The number of nitriles is 1. The fourth-order valence-corrected chi connectivity index (χ4v) is 5.07. The van der Waals surface area contributed by atoms with Gasteiger partial charge < -0.3 is 4.98 Å². The van der Waals surface area contributed by atoms with Gasteiger partial charge in [-0.1, -0.05) is 18.2 Å². The highest BCUT2D eigenvalue weighted by molar-refractivity contribution is 5.87. The first-order valence-electron chi connectivity index (χ1n) is 10.6. The minimum Gasteiger partial charge on any atom is -0.361 e. The van der Waals surface area contributed by atoms with Gasteiger partial charge in [0, 0.05) is 23.6 Å². The van der Waals surface area contributed by atoms with Gasteiger partial charge in [-0.05, 0) is 85.5 Å². The number of halogens is 3. The Kier molecular flexibility index (Phi) is 5.81. The average molecular weight is 425 g/mol. The number of alkyl halides is 3. The zero-order valence-corrected chi connectivity index (χ0v) is 17.8. The quantitative estimate of drug-likeness (QED) is 0.568. The van der Waals surface area contributed by atoms with E-state index in [0.29, 0.717) is 25.1 Å². The van der Waals surface area contributed by atoms with Crippen LogP contribution < -0.4 is 0 Å². The van der Waals surface area contributed by atoms with Gasteiger partial charge in [0.25, 0.3) is 0 Å². The molecule has 1 aromatic heterocycles. The molecule has 4 rings (SSSR count). The molecule has 0 saturated carbocycles. The minimum absolute atomic E-state index is 0.0152. The predicted molar refractivity (Wildman–Crippen MR) is 116 cm³/mol. The van der Waals surface area contributed by atoms with Gasteiger partial charge in [-0.15, -0.1) is 0 Å². The van der Waals surface area contributed by atoms with E-state index in [1.165, 1.54) is 27.0 Å². The highest BCUT2D eigenvalue weighted by atomic mass is 19.4. The number of hydrogen-bond donors (Lipinski definition) is 1. The van der Waals surface area contributed by atoms with Gasteiger partial charge >= 0.3 is 6.18 Å². The van der Waals surface area contributed by atoms with E-state index < -0.39 is 12.7 Å². The van der Waals surface area contributed by atoms with Crippen molar-refractivity contribution >= 4 is 10.9 Å². The number of likely N-dealkylation sites (tertiary alicyclic amines) is 1. The maximum absolute atomic E-state index is 13.1. The van der Waals surface area contributed by atoms with Crippen molar-refractivity contribution in [2.45, 2.75) is 38.8 Å². The molecule has 2 aromatic carbocycles. The fourth-order valence-electron chi connectivity index (χ4n) is 5.07. The van der Waals surface area contributed by atoms with E-state index in [1.807, 2.05) is 18.3 Å². The summed E-state index contributed by atoms with van der Waals surface area (Å²) in [6, 6.07) is 13.7. The van der Waals surface area contributed by atoms with Crippen molar-refractivity contribution in [2.24, 2.45) is 5.92 Å². The Morgan fingerprint density at radius 1 is 1.13 bits per heavy atom. The van der Waals surface area contributed by atoms with Gasteiger partial charge in [0.2, 0.25) is 0 Å². The van der Waals surface area contributed by atoms with Crippen molar-refractivity contribution in [1.82, 2.24) is 9.88 Å². The Labute approximate surface area is 180 Å². The highest BCUT2D eigenvalue weighted by Gasteiger charge is 2.37. The number of aryl methyl sites for hydroxylation is 2. The molecule has 2 heterocycles. The van der Waals surface area contributed by atoms with Crippen LogP contribution in [0, 0.1) is 31.1 Å². The molecule has 0 amide bonds. The Hall–Kier alpha value is -2.78. The molecule has 1 saturated heterocycles. The first-order valence-corrected chi connectivity index (χ1v) is 10.6. The largest absolute Gasteiger partial charge is 0.401 e. The maximum atomic E-state index is 13.1. The average Bonchev–Trinajstić information content (AvgIpc) is 3.21. The van der Waals surface area contributed by atoms with Crippen LogP contribution in [-0.2, 0) is 6.42 Å². The molecule has 1 fully saturated rings. The summed E-state index contributed by atoms with van der Waals surface area (Å²) >= 11 is 0. The van der Waals surface area contributed by atoms with Gasteiger partial charge in [-0.3, -0.25) is 4.90 Å². The van der Waals surface area contributed by atoms with Crippen molar-refractivity contribution in [2.75, 3.05) is 19.6 Å². The molecular weight excluding hydrogens is 399 g/mol. The fraction of sp³-hybridized carbons (Fsp3) is 0.400. The summed E-state index contributed by atoms with van der Waals surface area (Å²) in [7, 11) is 0. The topological polar surface area (TPSA) is 42.8 Å². The third kappa shape index (κ3) is 4.62. The van der Waals surface area contributed by atoms with E-state index in [2.05, 4.69) is 37.0 Å². The molecule has 31 heavy (non-hydrogen) atoms. The number of rotatable bonds is 4. The standard InChI is InChI=1S/C25H26F3N3/c1-16-11-17(2)24-21(7-9-30-24)22(16)12-20-8-10-31(15-25(26,27)28)14-23(20)19-5-3-18(13-29)4-6-19/h3-7,9,11,20,23,30H,8,10,12,14-15H2,1-2H3/t20-,23-/m0/s1. The summed E-state index contributed by atoms with van der Waals surface area (Å²) in [5, 5.41) is 10.3. The molecule has 0 aliphatic carbocycles. The zero-order chi connectivity index (χ0) is 22.2. The van der Waals surface area contributed by atoms with Crippen molar-refractivity contribution in [3.8, 4) is 6.07 Å². The highest BCUT2D eigenvalue weighted by Crippen LogP contribution is 2.38. The minimum atomic E-state index is -4.20. The molecule has 0 radical (unpaired) electrons. The lowest BCUT2D eigenvalue weighted by Crippen LogP contribution is -2.44. The third-order valence-electron chi connectivity index (χ3n) is 6.55. The number of fused-ring (bicyclic) bond motifs is 1. The van der Waals surface area contributed by atoms with Crippen LogP contribution in [0.25, 0.3) is 10.9 Å². The molecule has 0 bridgehead atoms. The third-order valence-corrected chi connectivity index (χ3v) is 6.55. The molecule has 1 aliphatic heterocycles. The van der Waals surface area contributed by atoms with Crippen LogP contribution in [0.3, 0.4) is 0 Å². The molecule has 0 spiro atoms. The van der Waals surface area contributed by atoms with Crippen LogP contribution >= 0.6 is 0 Å². The van der Waals surface area contributed by atoms with Crippen LogP contribution in [0.2, 0.25) is 0 Å². The second-order valence-electron chi connectivity index (χ2n) is 8.70. The van der Waals surface area contributed by atoms with Gasteiger partial charge in [0.15, 0.2) is 0 Å². The number of aromatic amines is 1. The smallest absolute Gasteiger partial charge is 0.361 e. The van der Waals surface area contributed by atoms with Crippen LogP contribution in [0.15, 0.2) is 42.6 Å². The van der Waals surface area contributed by atoms with Gasteiger partial charge in [-0.25, -0.2) is 0 Å². The molecule has 2 atom stereocenters. The number of benzene rings is 2. The van der Waals surface area contributed by atoms with Gasteiger partial charge in [0.1, 0.15) is 0 Å². The van der Waals surface area contributed by atoms with E-state index >= 15 is 0 Å². The molecule has 0 unspecified atom stereocenters. The zero-order valence-electron chi connectivity index (χ0n) is 17.8. The number of hydrogen-bond acceptors (Lipinski definition) is 2. The number of aromatic nitrogens is 1. The van der Waals surface area contributed by atoms with Gasteiger partial charge in [-0.2, -0.15) is 18.4 Å². The molecule has 1 N–H and O–H groups in total. The lowest BCUT2D eigenvalue weighted by atomic mass is 9.76. The second-order valence-corrected chi connectivity index (χ2v) is 8.70. The summed E-state index contributed by atoms with van der Waals surface area (Å²) in [4.78, 5) is 4.84. The number of nitrogens with one attached hydrogen (secondary N) is 1. The monoisotopic (exact) mass is 425 g/mol. The normalized spacial score (nSPS) is 20.1. The van der Waals surface area contributed by atoms with Crippen molar-refractivity contribution < 1.29 is 13.2 Å². The summed E-state index contributed by atoms with van der Waals surface area (Å²) in [5.74, 6) is 0.218. The van der Waals surface area contributed by atoms with Crippen LogP contribution in [0.1, 0.15) is 40.2 Å². The predicted octanol–water partition coefficient (Wildman–Crippen LogP) is 5.87. The summed E-state index contributed by atoms with van der Waals surface area (Å²) in [6.45, 7) is 4.14.